The molecule has 0 spiro atoms. The second-order valence-corrected chi connectivity index (χ2v) is 44.9. The fourth-order valence-corrected chi connectivity index (χ4v) is 20.1. The van der Waals surface area contributed by atoms with E-state index in [9.17, 15) is 44.4 Å². The fourth-order valence-electron chi connectivity index (χ4n) is 17.1. The molecular weight excluding hydrogens is 1710 g/mol. The highest BCUT2D eigenvalue weighted by molar-refractivity contribution is 7.90. The number of nitrogens with zero attached hydrogens (tertiary/aromatic N) is 12. The number of hydrogen-bond donors (Lipinski definition) is 9. The van der Waals surface area contributed by atoms with Crippen LogP contribution < -0.4 is 62.0 Å². The van der Waals surface area contributed by atoms with Gasteiger partial charge in [-0.3, -0.25) is 29.3 Å². The standard InChI is InChI=1S/C29H35ClN6O3S.2C29H37N7O3S.C5H11NO2/c3*1-28(2,3)23-12-10-20-26(33-23)36-17-18(16-29(36,4)5)9-11-21(22-15-19(30)13-14-31-22)32-24-7-6-8-25(34-24)40(38,39)35-27(20)37;1-5(2,3)8-4(6)7/h6-8,10,12-15,18,21H,9,11,16-17H2,1-5H3,(H,32,34)(H,35,37);2*6-8,10,12-15,18,21H,9,11,16-17H2,1-5H3,(H2,30,31)(H,32,34)(H,35,37);1-3H3,(H2,6,7)/t3*18-,21?;/m000./s1. The number of primary amides is 1. The number of rotatable bonds is 3. The van der Waals surface area contributed by atoms with E-state index in [0.717, 1.165) is 92.0 Å². The van der Waals surface area contributed by atoms with E-state index in [1.165, 1.54) is 18.2 Å². The van der Waals surface area contributed by atoms with E-state index >= 15 is 0 Å². The molecule has 684 valence electrons. The first kappa shape index (κ1) is 95.7. The summed E-state index contributed by atoms with van der Waals surface area (Å²) in [6.07, 6.45) is 11.7. The highest BCUT2D eigenvalue weighted by atomic mass is 35.5. The van der Waals surface area contributed by atoms with Gasteiger partial charge in [0.2, 0.25) is 0 Å². The number of nitrogen functional groups attached to an aromatic ring is 2. The molecule has 15 rings (SSSR count). The van der Waals surface area contributed by atoms with Crippen LogP contribution in [0.2, 0.25) is 5.02 Å². The van der Waals surface area contributed by atoms with Crippen LogP contribution in [0.15, 0.2) is 161 Å². The minimum Gasteiger partial charge on any atom is -0.444 e. The molecule has 0 radical (unpaired) electrons. The summed E-state index contributed by atoms with van der Waals surface area (Å²) in [4.78, 5) is 98.7. The summed E-state index contributed by atoms with van der Waals surface area (Å²) in [5, 5.41) is 9.89. The van der Waals surface area contributed by atoms with Crippen molar-refractivity contribution in [1.29, 1.82) is 0 Å². The largest absolute Gasteiger partial charge is 0.444 e. The average molecular weight is 1830 g/mol. The minimum absolute atomic E-state index is 0.218. The molecule has 3 fully saturated rings. The van der Waals surface area contributed by atoms with Gasteiger partial charge in [0.15, 0.2) is 15.1 Å². The van der Waals surface area contributed by atoms with Gasteiger partial charge in [0.25, 0.3) is 47.8 Å². The maximum Gasteiger partial charge on any atom is 0.405 e. The molecule has 9 aromatic rings. The van der Waals surface area contributed by atoms with Crippen molar-refractivity contribution in [2.24, 2.45) is 23.5 Å². The first-order valence-corrected chi connectivity index (χ1v) is 47.8. The number of aromatic nitrogens is 9. The van der Waals surface area contributed by atoms with Crippen LogP contribution in [0.1, 0.15) is 266 Å². The van der Waals surface area contributed by atoms with E-state index in [-0.39, 0.29) is 82.8 Å². The second kappa shape index (κ2) is 37.0. The molecule has 4 amide bonds. The molecule has 0 saturated carbocycles. The number of halogens is 1. The lowest BCUT2D eigenvalue weighted by Crippen LogP contribution is -2.41. The maximum atomic E-state index is 13.5. The van der Waals surface area contributed by atoms with Gasteiger partial charge >= 0.3 is 6.09 Å². The van der Waals surface area contributed by atoms with Crippen LogP contribution in [0, 0.1) is 17.8 Å². The Balaban J connectivity index is 0.000000167. The van der Waals surface area contributed by atoms with Gasteiger partial charge in [-0.25, -0.2) is 48.9 Å². The number of carbonyl (C=O) groups excluding carboxylic acids is 4. The smallest absolute Gasteiger partial charge is 0.405 e. The van der Waals surface area contributed by atoms with Crippen LogP contribution in [-0.2, 0) is 51.1 Å². The van der Waals surface area contributed by atoms with Crippen molar-refractivity contribution in [2.75, 3.05) is 61.8 Å². The molecule has 6 aliphatic heterocycles. The van der Waals surface area contributed by atoms with Gasteiger partial charge in [0, 0.05) is 105 Å². The summed E-state index contributed by atoms with van der Waals surface area (Å²) < 4.78 is 91.4. The van der Waals surface area contributed by atoms with E-state index in [4.69, 9.17) is 43.8 Å². The van der Waals surface area contributed by atoms with Crippen molar-refractivity contribution < 1.29 is 49.2 Å². The van der Waals surface area contributed by atoms with Crippen LogP contribution in [0.5, 0.6) is 0 Å². The van der Waals surface area contributed by atoms with Crippen LogP contribution >= 0.6 is 11.6 Å². The molecule has 0 aromatic carbocycles. The van der Waals surface area contributed by atoms with Crippen LogP contribution in [0.4, 0.5) is 51.1 Å². The minimum atomic E-state index is -4.27. The number of carbonyl (C=O) groups is 4. The van der Waals surface area contributed by atoms with Gasteiger partial charge in [-0.15, -0.1) is 0 Å². The molecule has 0 aliphatic carbocycles. The van der Waals surface area contributed by atoms with Crippen LogP contribution in [0.3, 0.4) is 0 Å². The predicted molar refractivity (Wildman–Crippen MR) is 498 cm³/mol. The number of hydrogen-bond acceptors (Lipinski definition) is 28. The van der Waals surface area contributed by atoms with Crippen LogP contribution in [-0.4, -0.2) is 136 Å². The van der Waals surface area contributed by atoms with E-state index < -0.39 is 59.5 Å². The topological polar surface area (TPSA) is 456 Å². The zero-order valence-electron chi connectivity index (χ0n) is 76.0. The van der Waals surface area contributed by atoms with Gasteiger partial charge in [-0.05, 0) is 247 Å². The molecule has 3 unspecified atom stereocenters. The highest BCUT2D eigenvalue weighted by Gasteiger charge is 2.46. The Morgan fingerprint density at radius 1 is 0.414 bits per heavy atom. The summed E-state index contributed by atoms with van der Waals surface area (Å²) in [6.45, 7) is 38.8. The molecule has 3 saturated heterocycles. The van der Waals surface area contributed by atoms with Gasteiger partial charge < -0.3 is 52.6 Å². The van der Waals surface area contributed by atoms with Crippen molar-refractivity contribution >= 4 is 112 Å². The van der Waals surface area contributed by atoms with Gasteiger partial charge in [-0.1, -0.05) is 92.1 Å². The quantitative estimate of drug-likeness (QED) is 0.0793. The predicted octanol–water partition coefficient (Wildman–Crippen LogP) is 15.2. The molecular formula is C92H120ClN21O11S3. The Morgan fingerprint density at radius 2 is 0.703 bits per heavy atom. The molecule has 6 atom stereocenters. The first-order valence-electron chi connectivity index (χ1n) is 42.9. The fraction of sp³-hybridized carbons (Fsp3) is 0.467. The van der Waals surface area contributed by atoms with Crippen molar-refractivity contribution in [3.05, 3.63) is 202 Å². The van der Waals surface area contributed by atoms with E-state index in [0.29, 0.717) is 88.7 Å². The van der Waals surface area contributed by atoms with Crippen molar-refractivity contribution in [3.63, 3.8) is 0 Å². The van der Waals surface area contributed by atoms with Crippen molar-refractivity contribution in [3.8, 4) is 0 Å². The summed E-state index contributed by atoms with van der Waals surface area (Å²) in [5.74, 6) is 1.30. The Kier molecular flexibility index (Phi) is 27.6. The Morgan fingerprint density at radius 3 is 0.961 bits per heavy atom. The molecule has 12 N–H and O–H groups in total. The average Bonchev–Trinajstić information content (AvgIpc) is 1.59. The zero-order valence-corrected chi connectivity index (χ0v) is 79.2. The Labute approximate surface area is 756 Å². The number of ether oxygens (including phenoxy) is 1. The zero-order chi connectivity index (χ0) is 93.4. The summed E-state index contributed by atoms with van der Waals surface area (Å²) in [5.41, 5.74) is 21.3. The number of pyridine rings is 9. The maximum absolute atomic E-state index is 13.5. The molecule has 15 heterocycles. The number of nitrogens with one attached hydrogen (secondary N) is 6. The van der Waals surface area contributed by atoms with E-state index in [1.807, 2.05) is 18.2 Å². The van der Waals surface area contributed by atoms with E-state index in [1.54, 1.807) is 130 Å². The molecule has 12 bridgehead atoms. The van der Waals surface area contributed by atoms with Gasteiger partial charge in [0.1, 0.15) is 40.5 Å². The summed E-state index contributed by atoms with van der Waals surface area (Å²) >= 11 is 6.30. The van der Waals surface area contributed by atoms with E-state index in [2.05, 4.69) is 183 Å². The monoisotopic (exact) mass is 1830 g/mol. The highest BCUT2D eigenvalue weighted by Crippen LogP contribution is 2.46. The van der Waals surface area contributed by atoms with Gasteiger partial charge in [0.05, 0.1) is 51.9 Å². The van der Waals surface area contributed by atoms with Crippen molar-refractivity contribution in [1.82, 2.24) is 59.0 Å². The lowest BCUT2D eigenvalue weighted by atomic mass is 9.90. The normalized spacial score (nSPS) is 21.6. The third-order valence-electron chi connectivity index (χ3n) is 23.4. The molecule has 32 nitrogen and oxygen atoms in total. The lowest BCUT2D eigenvalue weighted by Gasteiger charge is -2.34. The summed E-state index contributed by atoms with van der Waals surface area (Å²) in [6, 6.07) is 34.3. The SMILES string of the molecule is CC(C)(C)OC(N)=O.CC(C)(C)c1ccc2c(n1)N1C[C@@H](CCC(c3cc(Cl)ccn3)Nc3cccc(n3)S(=O)(=O)NC2=O)CC1(C)C.CC(C)(C)c1ccc2c(n1)N1C[C@@H](CCC(c3cc(N)ccn3)Nc3cccc(n3)S(=O)(=O)NC2=O)CC1(C)C.CC(C)(C)c1ccc2c(n1)N1C[C@@H](CCC(c3cc(N)ccn3)Nc3cccc(n3)S(=O)(=O)NC2=O)CC1(C)C. The number of amides is 4. The molecule has 9 aromatic heterocycles. The third kappa shape index (κ3) is 23.3. The lowest BCUT2D eigenvalue weighted by molar-refractivity contribution is 0.0599. The number of nitrogens with two attached hydrogens (primary N) is 3. The Bertz CT molecular complexity index is 5460. The van der Waals surface area contributed by atoms with Crippen LogP contribution in [0.25, 0.3) is 0 Å². The first-order chi connectivity index (χ1) is 59.6. The number of anilines is 8. The second-order valence-electron chi connectivity index (χ2n) is 39.6. The molecule has 128 heavy (non-hydrogen) atoms. The molecule has 6 aliphatic rings. The third-order valence-corrected chi connectivity index (χ3v) is 27.3. The Hall–Kier alpha value is -11.4. The van der Waals surface area contributed by atoms with Crippen molar-refractivity contribution in [2.45, 2.75) is 254 Å². The summed E-state index contributed by atoms with van der Waals surface area (Å²) in [7, 11) is -12.8. The number of fused-ring (bicyclic) bond motifs is 18. The molecule has 36 heteroatoms. The van der Waals surface area contributed by atoms with Gasteiger partial charge in [-0.2, -0.15) is 25.3 Å². The number of sulfonamides is 3.